The normalized spacial score (nSPS) is 23.4. The molecule has 0 radical (unpaired) electrons. The molecule has 0 saturated heterocycles. The number of ether oxygens (including phenoxy) is 1. The first-order valence-electron chi connectivity index (χ1n) is 8.92. The van der Waals surface area contributed by atoms with Crippen molar-refractivity contribution in [1.82, 2.24) is 0 Å². The lowest BCUT2D eigenvalue weighted by molar-refractivity contribution is 0.427. The predicted octanol–water partition coefficient (Wildman–Crippen LogP) is 6.24. The Kier molecular flexibility index (Phi) is 3.23. The van der Waals surface area contributed by atoms with E-state index in [4.69, 9.17) is 16.3 Å². The minimum Gasteiger partial charge on any atom is -0.507 e. The number of benzene rings is 3. The minimum absolute atomic E-state index is 0.0253. The van der Waals surface area contributed by atoms with Gasteiger partial charge in [0.25, 0.3) is 0 Å². The fraction of sp³-hybridized carbons (Fsp3) is 0.273. The van der Waals surface area contributed by atoms with Crippen molar-refractivity contribution in [2.45, 2.75) is 37.5 Å². The lowest BCUT2D eigenvalue weighted by Crippen LogP contribution is -2.16. The molecule has 3 aromatic rings. The number of fused-ring (bicyclic) bond motifs is 6. The quantitative estimate of drug-likeness (QED) is 0.528. The Morgan fingerprint density at radius 2 is 1.88 bits per heavy atom. The highest BCUT2D eigenvalue weighted by Gasteiger charge is 2.49. The molecule has 2 N–H and O–H groups in total. The van der Waals surface area contributed by atoms with E-state index in [1.807, 2.05) is 18.2 Å². The molecular weight excluding hydrogens is 348 g/mol. The van der Waals surface area contributed by atoms with E-state index in [0.29, 0.717) is 39.0 Å². The summed E-state index contributed by atoms with van der Waals surface area (Å²) in [7, 11) is 0. The molecule has 0 amide bonds. The van der Waals surface area contributed by atoms with Gasteiger partial charge in [-0.25, -0.2) is 0 Å². The highest BCUT2D eigenvalue weighted by molar-refractivity contribution is 6.32. The fourth-order valence-electron chi connectivity index (χ4n) is 4.89. The van der Waals surface area contributed by atoms with Crippen LogP contribution in [0.1, 0.15) is 43.2 Å². The van der Waals surface area contributed by atoms with Crippen molar-refractivity contribution in [2.24, 2.45) is 0 Å². The number of hydrogen-bond donors (Lipinski definition) is 2. The monoisotopic (exact) mass is 366 g/mol. The van der Waals surface area contributed by atoms with Gasteiger partial charge in [0.05, 0.1) is 5.02 Å². The summed E-state index contributed by atoms with van der Waals surface area (Å²) < 4.78 is 5.89. The lowest BCUT2D eigenvalue weighted by Gasteiger charge is -2.27. The third-order valence-electron chi connectivity index (χ3n) is 6.08. The summed E-state index contributed by atoms with van der Waals surface area (Å²) in [5.41, 5.74) is 1.85. The Labute approximate surface area is 156 Å². The van der Waals surface area contributed by atoms with Gasteiger partial charge in [0.15, 0.2) is 0 Å². The number of aromatic hydroxyl groups is 2. The van der Waals surface area contributed by atoms with E-state index in [0.717, 1.165) is 30.4 Å². The van der Waals surface area contributed by atoms with Crippen molar-refractivity contribution >= 4 is 22.4 Å². The number of hydrogen-bond acceptors (Lipinski definition) is 3. The van der Waals surface area contributed by atoms with Gasteiger partial charge < -0.3 is 14.9 Å². The number of halogens is 1. The molecular formula is C22H19ClO3. The van der Waals surface area contributed by atoms with E-state index >= 15 is 0 Å². The Bertz CT molecular complexity index is 1060. The van der Waals surface area contributed by atoms with Gasteiger partial charge in [-0.1, -0.05) is 30.7 Å². The summed E-state index contributed by atoms with van der Waals surface area (Å²) in [5.74, 6) is 2.06. The molecule has 0 spiro atoms. The molecule has 3 aromatic carbocycles. The first-order chi connectivity index (χ1) is 12.5. The third kappa shape index (κ3) is 2.07. The fourth-order valence-corrected chi connectivity index (χ4v) is 5.07. The second-order valence-electron chi connectivity index (χ2n) is 7.73. The van der Waals surface area contributed by atoms with Crippen LogP contribution in [-0.4, -0.2) is 10.2 Å². The van der Waals surface area contributed by atoms with Gasteiger partial charge in [-0.2, -0.15) is 0 Å². The van der Waals surface area contributed by atoms with Gasteiger partial charge in [0.1, 0.15) is 23.0 Å². The van der Waals surface area contributed by atoms with Crippen LogP contribution in [0.2, 0.25) is 5.02 Å². The molecule has 1 fully saturated rings. The van der Waals surface area contributed by atoms with E-state index in [1.54, 1.807) is 24.3 Å². The zero-order valence-electron chi connectivity index (χ0n) is 14.4. The number of phenols is 2. The maximum absolute atomic E-state index is 11.0. The van der Waals surface area contributed by atoms with Crippen molar-refractivity contribution in [3.8, 4) is 23.0 Å². The first kappa shape index (κ1) is 15.8. The van der Waals surface area contributed by atoms with Crippen molar-refractivity contribution in [1.29, 1.82) is 0 Å². The molecule has 2 aliphatic rings. The largest absolute Gasteiger partial charge is 0.507 e. The van der Waals surface area contributed by atoms with Gasteiger partial charge in [0.2, 0.25) is 0 Å². The summed E-state index contributed by atoms with van der Waals surface area (Å²) in [6.45, 7) is 2.19. The maximum atomic E-state index is 11.0. The molecule has 2 aliphatic carbocycles. The highest BCUT2D eigenvalue weighted by Crippen LogP contribution is 2.63. The standard InChI is InChI=1S/C22H19ClO3/c1-22-9-8-12(11-22)18-19(22)21(25)14-7-6-13(10-15(14)20(18)24)26-17-5-3-2-4-16(17)23/h2-7,10,12,24-25H,8-9,11H2,1H3. The molecule has 4 heteroatoms. The van der Waals surface area contributed by atoms with Crippen molar-refractivity contribution in [2.75, 3.05) is 0 Å². The molecule has 2 unspecified atom stereocenters. The van der Waals surface area contributed by atoms with Gasteiger partial charge in [-0.15, -0.1) is 0 Å². The average molecular weight is 367 g/mol. The summed E-state index contributed by atoms with van der Waals surface area (Å²) >= 11 is 6.17. The summed E-state index contributed by atoms with van der Waals surface area (Å²) in [4.78, 5) is 0. The van der Waals surface area contributed by atoms with Crippen LogP contribution in [0, 0.1) is 0 Å². The maximum Gasteiger partial charge on any atom is 0.146 e. The molecule has 3 nitrogen and oxygen atoms in total. The number of phenolic OH excluding ortho intramolecular Hbond substituents is 2. The lowest BCUT2D eigenvalue weighted by atomic mass is 9.79. The van der Waals surface area contributed by atoms with Crippen molar-refractivity contribution in [3.63, 3.8) is 0 Å². The second kappa shape index (κ2) is 5.31. The Morgan fingerprint density at radius 1 is 1.08 bits per heavy atom. The van der Waals surface area contributed by atoms with Gasteiger partial charge in [0, 0.05) is 21.9 Å². The molecule has 0 heterocycles. The molecule has 26 heavy (non-hydrogen) atoms. The van der Waals surface area contributed by atoms with Crippen LogP contribution in [0.4, 0.5) is 0 Å². The van der Waals surface area contributed by atoms with E-state index < -0.39 is 0 Å². The van der Waals surface area contributed by atoms with Crippen LogP contribution >= 0.6 is 11.6 Å². The average Bonchev–Trinajstić information content (AvgIpc) is 3.15. The van der Waals surface area contributed by atoms with E-state index in [2.05, 4.69) is 6.92 Å². The molecule has 2 atom stereocenters. The van der Waals surface area contributed by atoms with Gasteiger partial charge in [-0.05, 0) is 60.9 Å². The highest BCUT2D eigenvalue weighted by atomic mass is 35.5. The van der Waals surface area contributed by atoms with Crippen LogP contribution < -0.4 is 4.74 Å². The van der Waals surface area contributed by atoms with Crippen LogP contribution in [0.5, 0.6) is 23.0 Å². The molecule has 5 rings (SSSR count). The molecule has 2 bridgehead atoms. The predicted molar refractivity (Wildman–Crippen MR) is 103 cm³/mol. The van der Waals surface area contributed by atoms with Gasteiger partial charge in [-0.3, -0.25) is 0 Å². The van der Waals surface area contributed by atoms with E-state index in [1.165, 1.54) is 0 Å². The van der Waals surface area contributed by atoms with Crippen LogP contribution in [-0.2, 0) is 5.41 Å². The Morgan fingerprint density at radius 3 is 2.69 bits per heavy atom. The van der Waals surface area contributed by atoms with Crippen molar-refractivity contribution < 1.29 is 14.9 Å². The number of rotatable bonds is 2. The SMILES string of the molecule is CC12CCC(C1)c1c2c(O)c2ccc(Oc3ccccc3Cl)cc2c1O. The van der Waals surface area contributed by atoms with Gasteiger partial charge >= 0.3 is 0 Å². The van der Waals surface area contributed by atoms with E-state index in [9.17, 15) is 10.2 Å². The number of para-hydroxylation sites is 1. The molecule has 0 aromatic heterocycles. The summed E-state index contributed by atoms with van der Waals surface area (Å²) in [5, 5.41) is 23.7. The third-order valence-corrected chi connectivity index (χ3v) is 6.39. The second-order valence-corrected chi connectivity index (χ2v) is 8.13. The van der Waals surface area contributed by atoms with E-state index in [-0.39, 0.29) is 11.2 Å². The van der Waals surface area contributed by atoms with Crippen LogP contribution in [0.25, 0.3) is 10.8 Å². The van der Waals surface area contributed by atoms with Crippen LogP contribution in [0.15, 0.2) is 42.5 Å². The zero-order valence-corrected chi connectivity index (χ0v) is 15.2. The summed E-state index contributed by atoms with van der Waals surface area (Å²) in [6, 6.07) is 12.7. The van der Waals surface area contributed by atoms with Crippen molar-refractivity contribution in [3.05, 3.63) is 58.6 Å². The Hall–Kier alpha value is -2.39. The minimum atomic E-state index is -0.0253. The summed E-state index contributed by atoms with van der Waals surface area (Å²) in [6.07, 6.45) is 3.14. The topological polar surface area (TPSA) is 49.7 Å². The first-order valence-corrected chi connectivity index (χ1v) is 9.30. The smallest absolute Gasteiger partial charge is 0.146 e. The molecule has 132 valence electrons. The van der Waals surface area contributed by atoms with Crippen LogP contribution in [0.3, 0.4) is 0 Å². The molecule has 0 aliphatic heterocycles. The zero-order chi connectivity index (χ0) is 18.1. The molecule has 1 saturated carbocycles. The Balaban J connectivity index is 1.68.